The fraction of sp³-hybridized carbons (Fsp3) is 0.625. The lowest BCUT2D eigenvalue weighted by Crippen LogP contribution is -2.13. The number of ether oxygens (including phenoxy) is 1. The lowest BCUT2D eigenvalue weighted by molar-refractivity contribution is -0.00285. The van der Waals surface area contributed by atoms with Crippen LogP contribution in [0.15, 0.2) is 6.20 Å². The van der Waals surface area contributed by atoms with E-state index in [1.807, 2.05) is 6.92 Å². The van der Waals surface area contributed by atoms with E-state index >= 15 is 0 Å². The summed E-state index contributed by atoms with van der Waals surface area (Å²) >= 11 is 0. The lowest BCUT2D eigenvalue weighted by Gasteiger charge is -2.16. The molecule has 4 heterocycles. The molecule has 3 unspecified atom stereocenters. The molecule has 0 radical (unpaired) electrons. The average Bonchev–Trinajstić information content (AvgIpc) is 2.96. The number of anilines is 1. The Morgan fingerprint density at radius 3 is 3.05 bits per heavy atom. The number of aryl methyl sites for hydroxylation is 1. The van der Waals surface area contributed by atoms with Gasteiger partial charge in [0.2, 0.25) is 0 Å². The molecular weight excluding hydrogens is 280 g/mol. The van der Waals surface area contributed by atoms with Gasteiger partial charge in [-0.05, 0) is 31.2 Å². The molecule has 6 heteroatoms. The Morgan fingerprint density at radius 1 is 1.41 bits per heavy atom. The monoisotopic (exact) mass is 302 g/mol. The molecule has 0 aromatic carbocycles. The molecule has 2 aliphatic rings. The van der Waals surface area contributed by atoms with Crippen LogP contribution >= 0.6 is 0 Å². The molecular formula is C16H22N4O2. The molecule has 1 saturated heterocycles. The molecule has 0 aliphatic carbocycles. The van der Waals surface area contributed by atoms with Gasteiger partial charge in [0.05, 0.1) is 18.1 Å². The maximum atomic E-state index is 6.26. The fourth-order valence-electron chi connectivity index (χ4n) is 3.64. The Hall–Kier alpha value is -1.66. The van der Waals surface area contributed by atoms with Gasteiger partial charge in [-0.1, -0.05) is 13.8 Å². The summed E-state index contributed by atoms with van der Waals surface area (Å²) in [6, 6.07) is 0. The Bertz CT molecular complexity index is 712. The minimum atomic E-state index is 0.0682. The predicted octanol–water partition coefficient (Wildman–Crippen LogP) is 2.97. The van der Waals surface area contributed by atoms with Crippen molar-refractivity contribution in [2.24, 2.45) is 5.92 Å². The highest BCUT2D eigenvalue weighted by Crippen LogP contribution is 2.38. The van der Waals surface area contributed by atoms with Crippen molar-refractivity contribution in [1.29, 1.82) is 0 Å². The van der Waals surface area contributed by atoms with Gasteiger partial charge in [-0.2, -0.15) is 0 Å². The zero-order valence-electron chi connectivity index (χ0n) is 13.3. The van der Waals surface area contributed by atoms with E-state index in [9.17, 15) is 0 Å². The molecule has 0 saturated carbocycles. The molecule has 1 N–H and O–H groups in total. The second-order valence-electron chi connectivity index (χ2n) is 6.33. The van der Waals surface area contributed by atoms with Crippen molar-refractivity contribution in [3.05, 3.63) is 17.6 Å². The van der Waals surface area contributed by atoms with Crippen molar-refractivity contribution >= 4 is 16.9 Å². The minimum absolute atomic E-state index is 0.0682. The first-order chi connectivity index (χ1) is 10.7. The van der Waals surface area contributed by atoms with Gasteiger partial charge in [0.25, 0.3) is 0 Å². The second kappa shape index (κ2) is 5.21. The summed E-state index contributed by atoms with van der Waals surface area (Å²) in [7, 11) is 0. The molecule has 0 amide bonds. The smallest absolute Gasteiger partial charge is 0.163 e. The Labute approximate surface area is 129 Å². The highest BCUT2D eigenvalue weighted by Gasteiger charge is 2.33. The topological polar surface area (TPSA) is 61.2 Å². The molecule has 2 aromatic heterocycles. The van der Waals surface area contributed by atoms with Gasteiger partial charge in [0, 0.05) is 12.6 Å². The van der Waals surface area contributed by atoms with E-state index in [-0.39, 0.29) is 6.23 Å². The summed E-state index contributed by atoms with van der Waals surface area (Å²) in [6.45, 7) is 7.00. The molecule has 3 atom stereocenters. The summed E-state index contributed by atoms with van der Waals surface area (Å²) in [5, 5.41) is 1.07. The normalized spacial score (nSPS) is 27.9. The molecule has 2 aromatic rings. The van der Waals surface area contributed by atoms with Gasteiger partial charge >= 0.3 is 0 Å². The molecule has 22 heavy (non-hydrogen) atoms. The van der Waals surface area contributed by atoms with Crippen LogP contribution in [0.1, 0.15) is 44.3 Å². The van der Waals surface area contributed by atoms with Crippen molar-refractivity contribution in [2.45, 2.75) is 52.4 Å². The number of hydrogen-bond acceptors (Lipinski definition) is 5. The minimum Gasteiger partial charge on any atom is -0.354 e. The van der Waals surface area contributed by atoms with Gasteiger partial charge < -0.3 is 9.30 Å². The van der Waals surface area contributed by atoms with E-state index in [2.05, 4.69) is 40.1 Å². The van der Waals surface area contributed by atoms with Crippen molar-refractivity contribution in [1.82, 2.24) is 14.5 Å². The quantitative estimate of drug-likeness (QED) is 0.924. The van der Waals surface area contributed by atoms with E-state index in [4.69, 9.17) is 9.57 Å². The molecule has 118 valence electrons. The van der Waals surface area contributed by atoms with Crippen molar-refractivity contribution in [2.75, 3.05) is 12.1 Å². The Kier molecular flexibility index (Phi) is 3.31. The molecule has 1 fully saturated rings. The van der Waals surface area contributed by atoms with E-state index in [1.165, 1.54) is 5.56 Å². The highest BCUT2D eigenvalue weighted by molar-refractivity contribution is 5.91. The third-order valence-electron chi connectivity index (χ3n) is 4.76. The maximum Gasteiger partial charge on any atom is 0.163 e. The van der Waals surface area contributed by atoms with E-state index in [0.717, 1.165) is 41.9 Å². The molecule has 4 rings (SSSR count). The standard InChI is InChI=1S/C16H22N4O2/c1-4-12-9(2)7-13(22-12)20-8-11-5-6-21-19-15-14(11)16(20)18-10(3)17-15/h8-9,12-13H,4-7H2,1-3H3,(H,17,18,19). The third kappa shape index (κ3) is 2.09. The predicted molar refractivity (Wildman–Crippen MR) is 83.5 cm³/mol. The maximum absolute atomic E-state index is 6.26. The first kappa shape index (κ1) is 14.0. The van der Waals surface area contributed by atoms with E-state index < -0.39 is 0 Å². The molecule has 2 aliphatic heterocycles. The van der Waals surface area contributed by atoms with Crippen molar-refractivity contribution in [3.8, 4) is 0 Å². The summed E-state index contributed by atoms with van der Waals surface area (Å²) < 4.78 is 8.45. The largest absolute Gasteiger partial charge is 0.354 e. The summed E-state index contributed by atoms with van der Waals surface area (Å²) in [6.07, 6.45) is 5.52. The first-order valence-electron chi connectivity index (χ1n) is 8.08. The summed E-state index contributed by atoms with van der Waals surface area (Å²) in [5.74, 6) is 2.09. The van der Waals surface area contributed by atoms with Crippen LogP contribution in [0, 0.1) is 12.8 Å². The number of nitrogens with zero attached hydrogens (tertiary/aromatic N) is 3. The van der Waals surface area contributed by atoms with Crippen LogP contribution in [0.3, 0.4) is 0 Å². The lowest BCUT2D eigenvalue weighted by atomic mass is 10.0. The second-order valence-corrected chi connectivity index (χ2v) is 6.33. The van der Waals surface area contributed by atoms with Crippen molar-refractivity contribution < 1.29 is 9.57 Å². The number of hydrogen-bond donors (Lipinski definition) is 1. The highest BCUT2D eigenvalue weighted by atomic mass is 16.6. The zero-order chi connectivity index (χ0) is 15.3. The van der Waals surface area contributed by atoms with E-state index in [1.54, 1.807) is 0 Å². The van der Waals surface area contributed by atoms with Crippen molar-refractivity contribution in [3.63, 3.8) is 0 Å². The Balaban J connectivity index is 1.84. The van der Waals surface area contributed by atoms with Gasteiger partial charge in [-0.15, -0.1) is 0 Å². The SMILES string of the molecule is CCC1OC(n2cc3c4c(nc(C)nc42)NOCC3)CC1C. The van der Waals surface area contributed by atoms with Crippen LogP contribution in [-0.4, -0.2) is 27.2 Å². The van der Waals surface area contributed by atoms with Crippen LogP contribution in [0.5, 0.6) is 0 Å². The van der Waals surface area contributed by atoms with Gasteiger partial charge in [0.15, 0.2) is 5.82 Å². The number of rotatable bonds is 2. The fourth-order valence-corrected chi connectivity index (χ4v) is 3.64. The van der Waals surface area contributed by atoms with Crippen LogP contribution in [-0.2, 0) is 16.0 Å². The molecule has 6 nitrogen and oxygen atoms in total. The van der Waals surface area contributed by atoms with Crippen LogP contribution < -0.4 is 5.48 Å². The third-order valence-corrected chi connectivity index (χ3v) is 4.76. The Morgan fingerprint density at radius 2 is 2.27 bits per heavy atom. The van der Waals surface area contributed by atoms with Gasteiger partial charge in [0.1, 0.15) is 17.7 Å². The average molecular weight is 302 g/mol. The summed E-state index contributed by atoms with van der Waals surface area (Å²) in [4.78, 5) is 14.6. The molecule has 0 bridgehead atoms. The van der Waals surface area contributed by atoms with Crippen LogP contribution in [0.25, 0.3) is 11.0 Å². The molecule has 0 spiro atoms. The van der Waals surface area contributed by atoms with E-state index in [0.29, 0.717) is 18.6 Å². The number of nitrogens with one attached hydrogen (secondary N) is 1. The van der Waals surface area contributed by atoms with Crippen LogP contribution in [0.4, 0.5) is 5.82 Å². The van der Waals surface area contributed by atoms with Gasteiger partial charge in [-0.25, -0.2) is 15.4 Å². The zero-order valence-corrected chi connectivity index (χ0v) is 13.3. The van der Waals surface area contributed by atoms with Crippen LogP contribution in [0.2, 0.25) is 0 Å². The number of aromatic nitrogens is 3. The van der Waals surface area contributed by atoms with Gasteiger partial charge in [-0.3, -0.25) is 4.84 Å². The summed E-state index contributed by atoms with van der Waals surface area (Å²) in [5.41, 5.74) is 5.13. The first-order valence-corrected chi connectivity index (χ1v) is 8.08.